The van der Waals surface area contributed by atoms with E-state index >= 15 is 0 Å². The fourth-order valence-corrected chi connectivity index (χ4v) is 2.79. The summed E-state index contributed by atoms with van der Waals surface area (Å²) in [4.78, 5) is 24.8. The van der Waals surface area contributed by atoms with Gasteiger partial charge in [-0.3, -0.25) is 9.59 Å². The second-order valence-electron chi connectivity index (χ2n) is 5.79. The summed E-state index contributed by atoms with van der Waals surface area (Å²) >= 11 is 0. The Balaban J connectivity index is 1.99. The van der Waals surface area contributed by atoms with Crippen molar-refractivity contribution in [3.05, 3.63) is 63.6 Å². The number of hydrogen-bond acceptors (Lipinski definition) is 4. The number of Topliss-reactive ketones (excluding diaryl/α,β-unsaturated/α-hetero) is 2. The van der Waals surface area contributed by atoms with Gasteiger partial charge in [0.1, 0.15) is 11.5 Å². The minimum atomic E-state index is -0.193. The summed E-state index contributed by atoms with van der Waals surface area (Å²) in [6.45, 7) is 5.19. The molecular formula is C19H18O4. The Morgan fingerprint density at radius 2 is 1.57 bits per heavy atom. The topological polar surface area (TPSA) is 56.5 Å². The highest BCUT2D eigenvalue weighted by Crippen LogP contribution is 2.33. The number of fused-ring (bicyclic) bond motifs is 1. The second-order valence-corrected chi connectivity index (χ2v) is 5.79. The van der Waals surface area contributed by atoms with E-state index in [1.165, 1.54) is 0 Å². The molecule has 0 bridgehead atoms. The molecule has 1 heterocycles. The van der Waals surface area contributed by atoms with Crippen LogP contribution < -0.4 is 4.74 Å². The zero-order valence-electron chi connectivity index (χ0n) is 13.6. The number of carbonyl (C=O) groups excluding carboxylic acids is 2. The van der Waals surface area contributed by atoms with Gasteiger partial charge in [0.2, 0.25) is 5.78 Å². The molecule has 0 amide bonds. The standard InChI is InChI=1S/C19H18O4/c1-10-11(2)18(21)19-16(17(10)20)12(3)15(23-19)9-13-5-7-14(22-4)8-6-13/h5-8H,9H2,1-4H3. The van der Waals surface area contributed by atoms with Crippen LogP contribution in [0, 0.1) is 6.92 Å². The monoisotopic (exact) mass is 310 g/mol. The third-order valence-corrected chi connectivity index (χ3v) is 4.45. The number of methoxy groups -OCH3 is 1. The highest BCUT2D eigenvalue weighted by Gasteiger charge is 2.34. The molecule has 1 aliphatic rings. The molecule has 3 rings (SSSR count). The van der Waals surface area contributed by atoms with E-state index in [2.05, 4.69) is 0 Å². The number of carbonyl (C=O) groups is 2. The van der Waals surface area contributed by atoms with E-state index < -0.39 is 0 Å². The normalized spacial score (nSPS) is 14.3. The number of ether oxygens (including phenoxy) is 1. The minimum Gasteiger partial charge on any atom is -0.497 e. The average Bonchev–Trinajstić information content (AvgIpc) is 2.88. The maximum atomic E-state index is 12.5. The number of allylic oxidation sites excluding steroid dienone is 2. The number of ketones is 2. The largest absolute Gasteiger partial charge is 0.497 e. The quantitative estimate of drug-likeness (QED) is 0.862. The summed E-state index contributed by atoms with van der Waals surface area (Å²) in [5.74, 6) is 1.31. The van der Waals surface area contributed by atoms with Gasteiger partial charge in [0, 0.05) is 23.1 Å². The first-order valence-electron chi connectivity index (χ1n) is 7.46. The van der Waals surface area contributed by atoms with Crippen LogP contribution in [0.25, 0.3) is 0 Å². The molecule has 1 aromatic heterocycles. The molecule has 23 heavy (non-hydrogen) atoms. The first kappa shape index (κ1) is 15.3. The van der Waals surface area contributed by atoms with Gasteiger partial charge in [0.15, 0.2) is 11.5 Å². The van der Waals surface area contributed by atoms with E-state index in [1.54, 1.807) is 21.0 Å². The van der Waals surface area contributed by atoms with Crippen molar-refractivity contribution in [1.82, 2.24) is 0 Å². The van der Waals surface area contributed by atoms with Gasteiger partial charge in [-0.05, 0) is 38.5 Å². The lowest BCUT2D eigenvalue weighted by Gasteiger charge is -2.11. The predicted octanol–water partition coefficient (Wildman–Crippen LogP) is 3.90. The van der Waals surface area contributed by atoms with Crippen molar-refractivity contribution in [2.24, 2.45) is 0 Å². The summed E-state index contributed by atoms with van der Waals surface area (Å²) in [6.07, 6.45) is 0.529. The summed E-state index contributed by atoms with van der Waals surface area (Å²) < 4.78 is 10.9. The Morgan fingerprint density at radius 1 is 0.957 bits per heavy atom. The molecule has 0 atom stereocenters. The highest BCUT2D eigenvalue weighted by molar-refractivity contribution is 6.26. The van der Waals surface area contributed by atoms with Gasteiger partial charge in [0.05, 0.1) is 12.7 Å². The van der Waals surface area contributed by atoms with E-state index in [4.69, 9.17) is 9.15 Å². The molecule has 1 aliphatic carbocycles. The average molecular weight is 310 g/mol. The molecule has 1 aromatic carbocycles. The molecule has 4 nitrogen and oxygen atoms in total. The predicted molar refractivity (Wildman–Crippen MR) is 86.3 cm³/mol. The number of rotatable bonds is 3. The van der Waals surface area contributed by atoms with Gasteiger partial charge in [-0.15, -0.1) is 0 Å². The first-order valence-corrected chi connectivity index (χ1v) is 7.46. The molecule has 2 aromatic rings. The summed E-state index contributed by atoms with van der Waals surface area (Å²) in [6, 6.07) is 7.63. The van der Waals surface area contributed by atoms with Crippen molar-refractivity contribution in [3.8, 4) is 5.75 Å². The van der Waals surface area contributed by atoms with Crippen LogP contribution in [0.5, 0.6) is 5.75 Å². The van der Waals surface area contributed by atoms with Gasteiger partial charge in [-0.2, -0.15) is 0 Å². The maximum Gasteiger partial charge on any atom is 0.225 e. The lowest BCUT2D eigenvalue weighted by Crippen LogP contribution is -2.18. The van der Waals surface area contributed by atoms with Gasteiger partial charge in [-0.25, -0.2) is 0 Å². The van der Waals surface area contributed by atoms with Gasteiger partial charge in [-0.1, -0.05) is 12.1 Å². The number of hydrogen-bond donors (Lipinski definition) is 0. The van der Waals surface area contributed by atoms with E-state index in [0.29, 0.717) is 28.9 Å². The van der Waals surface area contributed by atoms with Crippen LogP contribution in [0.2, 0.25) is 0 Å². The SMILES string of the molecule is COc1ccc(Cc2oc3c(c2C)C(=O)C(C)=C(C)C3=O)cc1. The van der Waals surface area contributed by atoms with E-state index in [1.807, 2.05) is 31.2 Å². The first-order chi connectivity index (χ1) is 10.9. The summed E-state index contributed by atoms with van der Waals surface area (Å²) in [5.41, 5.74) is 3.17. The van der Waals surface area contributed by atoms with Crippen LogP contribution in [0.4, 0.5) is 0 Å². The fourth-order valence-electron chi connectivity index (χ4n) is 2.79. The molecule has 0 saturated heterocycles. The lowest BCUT2D eigenvalue weighted by molar-refractivity contribution is 0.0955. The second kappa shape index (κ2) is 5.54. The van der Waals surface area contributed by atoms with Crippen molar-refractivity contribution >= 4 is 11.6 Å². The lowest BCUT2D eigenvalue weighted by atomic mass is 9.88. The zero-order valence-corrected chi connectivity index (χ0v) is 13.6. The Kier molecular flexibility index (Phi) is 3.68. The van der Waals surface area contributed by atoms with Crippen molar-refractivity contribution in [1.29, 1.82) is 0 Å². The van der Waals surface area contributed by atoms with Crippen LogP contribution in [-0.4, -0.2) is 18.7 Å². The van der Waals surface area contributed by atoms with E-state index in [0.717, 1.165) is 16.9 Å². The van der Waals surface area contributed by atoms with Crippen molar-refractivity contribution in [3.63, 3.8) is 0 Å². The Bertz CT molecular complexity index is 835. The molecule has 0 fully saturated rings. The van der Waals surface area contributed by atoms with Crippen LogP contribution >= 0.6 is 0 Å². The molecule has 0 radical (unpaired) electrons. The Morgan fingerprint density at radius 3 is 2.17 bits per heavy atom. The van der Waals surface area contributed by atoms with Crippen LogP contribution in [0.15, 0.2) is 39.8 Å². The minimum absolute atomic E-state index is 0.112. The molecule has 0 N–H and O–H groups in total. The van der Waals surface area contributed by atoms with Gasteiger partial charge in [0.25, 0.3) is 0 Å². The number of furan rings is 1. The zero-order chi connectivity index (χ0) is 16.7. The molecule has 0 saturated carbocycles. The fraction of sp³-hybridized carbons (Fsp3) is 0.263. The van der Waals surface area contributed by atoms with Crippen LogP contribution in [0.3, 0.4) is 0 Å². The van der Waals surface area contributed by atoms with Gasteiger partial charge >= 0.3 is 0 Å². The molecule has 0 unspecified atom stereocenters. The summed E-state index contributed by atoms with van der Waals surface area (Å²) in [7, 11) is 1.62. The van der Waals surface area contributed by atoms with E-state index in [9.17, 15) is 9.59 Å². The van der Waals surface area contributed by atoms with Crippen LogP contribution in [-0.2, 0) is 6.42 Å². The van der Waals surface area contributed by atoms with Crippen molar-refractivity contribution < 1.29 is 18.7 Å². The maximum absolute atomic E-state index is 12.5. The Labute approximate surface area is 134 Å². The molecule has 0 spiro atoms. The molecule has 118 valence electrons. The molecule has 0 aliphatic heterocycles. The molecular weight excluding hydrogens is 292 g/mol. The van der Waals surface area contributed by atoms with Crippen molar-refractivity contribution in [2.75, 3.05) is 7.11 Å². The number of benzene rings is 1. The third-order valence-electron chi connectivity index (χ3n) is 4.45. The smallest absolute Gasteiger partial charge is 0.225 e. The molecule has 4 heteroatoms. The van der Waals surface area contributed by atoms with Crippen LogP contribution in [0.1, 0.15) is 51.6 Å². The highest BCUT2D eigenvalue weighted by atomic mass is 16.5. The van der Waals surface area contributed by atoms with Gasteiger partial charge < -0.3 is 9.15 Å². The third kappa shape index (κ3) is 2.40. The van der Waals surface area contributed by atoms with E-state index in [-0.39, 0.29) is 17.3 Å². The van der Waals surface area contributed by atoms with Crippen molar-refractivity contribution in [2.45, 2.75) is 27.2 Å². The Hall–Kier alpha value is -2.62. The summed E-state index contributed by atoms with van der Waals surface area (Å²) in [5, 5.41) is 0.